The molecule has 1 aromatic carbocycles. The van der Waals surface area contributed by atoms with Crippen molar-refractivity contribution in [3.8, 4) is 15.9 Å². The first-order valence-corrected chi connectivity index (χ1v) is 6.96. The second kappa shape index (κ2) is 4.86. The summed E-state index contributed by atoms with van der Waals surface area (Å²) in [5.74, 6) is 0.964. The van der Waals surface area contributed by atoms with Gasteiger partial charge in [-0.25, -0.2) is 0 Å². The molecule has 0 saturated heterocycles. The van der Waals surface area contributed by atoms with Crippen molar-refractivity contribution < 1.29 is 9.53 Å². The van der Waals surface area contributed by atoms with Crippen molar-refractivity contribution in [2.75, 3.05) is 7.11 Å². The number of benzene rings is 1. The van der Waals surface area contributed by atoms with E-state index < -0.39 is 0 Å². The van der Waals surface area contributed by atoms with Crippen LogP contribution in [-0.2, 0) is 0 Å². The Bertz CT molecular complexity index is 543. The van der Waals surface area contributed by atoms with Gasteiger partial charge in [-0.05, 0) is 0 Å². The van der Waals surface area contributed by atoms with Crippen molar-refractivity contribution in [2.45, 2.75) is 13.8 Å². The number of ether oxygens (including phenoxy) is 1. The Morgan fingerprint density at radius 2 is 1.94 bits per heavy atom. The molecule has 0 unspecified atom stereocenters. The predicted octanol–water partition coefficient (Wildman–Crippen LogP) is 2.33. The molecule has 0 bridgehead atoms. The Kier molecular flexibility index (Phi) is 3.46. The molecule has 0 N–H and O–H groups in total. The van der Waals surface area contributed by atoms with Crippen LogP contribution in [0.25, 0.3) is 10.1 Å². The molecule has 17 heavy (non-hydrogen) atoms. The van der Waals surface area contributed by atoms with Crippen LogP contribution in [0, 0.1) is 6.92 Å². The number of ketones is 1. The van der Waals surface area contributed by atoms with Crippen LogP contribution in [0.3, 0.4) is 0 Å². The molecule has 3 nitrogen and oxygen atoms in total. The molecular formula is C13H13NO2Se. The molecule has 0 radical (unpaired) electrons. The molecule has 2 rings (SSSR count). The molecule has 0 saturated carbocycles. The zero-order chi connectivity index (χ0) is 12.4. The first-order valence-electron chi connectivity index (χ1n) is 5.24. The number of hydrogen-bond acceptors (Lipinski definition) is 3. The predicted molar refractivity (Wildman–Crippen MR) is 67.9 cm³/mol. The first kappa shape index (κ1) is 12.1. The van der Waals surface area contributed by atoms with Crippen molar-refractivity contribution in [3.63, 3.8) is 0 Å². The standard InChI is InChI=1S/C13H13NO2Se/c1-8-12(9(2)15)17-13(14-8)10-4-6-11(16-3)7-5-10/h4-7H,1-3H3. The summed E-state index contributed by atoms with van der Waals surface area (Å²) in [4.78, 5) is 15.9. The van der Waals surface area contributed by atoms with Crippen LogP contribution in [0.1, 0.15) is 21.8 Å². The van der Waals surface area contributed by atoms with E-state index in [-0.39, 0.29) is 20.3 Å². The third-order valence-electron chi connectivity index (χ3n) is 2.45. The van der Waals surface area contributed by atoms with Gasteiger partial charge in [-0.1, -0.05) is 0 Å². The number of Topliss-reactive ketones (excluding diaryl/α,β-unsaturated/α-hetero) is 1. The van der Waals surface area contributed by atoms with E-state index in [9.17, 15) is 4.79 Å². The summed E-state index contributed by atoms with van der Waals surface area (Å²) in [6, 6.07) is 7.79. The minimum atomic E-state index is 0.0322. The van der Waals surface area contributed by atoms with E-state index >= 15 is 0 Å². The van der Waals surface area contributed by atoms with Gasteiger partial charge in [-0.15, -0.1) is 0 Å². The van der Waals surface area contributed by atoms with Gasteiger partial charge in [0.1, 0.15) is 0 Å². The summed E-state index contributed by atoms with van der Waals surface area (Å²) < 4.78 is 7.01. The average Bonchev–Trinajstić information content (AvgIpc) is 2.71. The van der Waals surface area contributed by atoms with E-state index in [1.54, 1.807) is 14.0 Å². The Balaban J connectivity index is 2.39. The quantitative estimate of drug-likeness (QED) is 0.644. The normalized spacial score (nSPS) is 10.3. The van der Waals surface area contributed by atoms with Gasteiger partial charge in [0.25, 0.3) is 0 Å². The Morgan fingerprint density at radius 1 is 1.29 bits per heavy atom. The first-order chi connectivity index (χ1) is 8.11. The van der Waals surface area contributed by atoms with Gasteiger partial charge in [0, 0.05) is 0 Å². The van der Waals surface area contributed by atoms with Gasteiger partial charge >= 0.3 is 106 Å². The van der Waals surface area contributed by atoms with E-state index in [4.69, 9.17) is 4.74 Å². The number of carbonyl (C=O) groups excluding carboxylic acids is 1. The number of carbonyl (C=O) groups is 1. The van der Waals surface area contributed by atoms with E-state index in [2.05, 4.69) is 4.98 Å². The van der Waals surface area contributed by atoms with Crippen LogP contribution in [0.5, 0.6) is 5.75 Å². The number of rotatable bonds is 3. The van der Waals surface area contributed by atoms with Gasteiger partial charge in [0.2, 0.25) is 0 Å². The van der Waals surface area contributed by atoms with E-state index in [1.807, 2.05) is 31.2 Å². The van der Waals surface area contributed by atoms with Crippen molar-refractivity contribution in [3.05, 3.63) is 34.4 Å². The number of nitrogens with zero attached hydrogens (tertiary/aromatic N) is 1. The van der Waals surface area contributed by atoms with Gasteiger partial charge in [-0.3, -0.25) is 0 Å². The molecular weight excluding hydrogens is 281 g/mol. The molecule has 0 spiro atoms. The average molecular weight is 294 g/mol. The SMILES string of the molecule is COc1ccc(-c2nc(C)c(C(C)=O)[se]2)cc1. The van der Waals surface area contributed by atoms with E-state index in [0.29, 0.717) is 0 Å². The third-order valence-corrected chi connectivity index (χ3v) is 5.20. The van der Waals surface area contributed by atoms with Gasteiger partial charge < -0.3 is 0 Å². The number of methoxy groups -OCH3 is 1. The summed E-state index contributed by atoms with van der Waals surface area (Å²) in [5, 5.41) is 0. The fourth-order valence-electron chi connectivity index (χ4n) is 1.58. The van der Waals surface area contributed by atoms with Crippen LogP contribution in [0.4, 0.5) is 0 Å². The summed E-state index contributed by atoms with van der Waals surface area (Å²) in [7, 11) is 1.64. The van der Waals surface area contributed by atoms with Crippen LogP contribution < -0.4 is 4.74 Å². The van der Waals surface area contributed by atoms with Crippen LogP contribution in [-0.4, -0.2) is 32.4 Å². The molecule has 0 amide bonds. The van der Waals surface area contributed by atoms with Crippen LogP contribution in [0.15, 0.2) is 24.3 Å². The molecule has 88 valence electrons. The van der Waals surface area contributed by atoms with Gasteiger partial charge in [-0.2, -0.15) is 0 Å². The van der Waals surface area contributed by atoms with Crippen molar-refractivity contribution >= 4 is 20.3 Å². The van der Waals surface area contributed by atoms with Crippen LogP contribution in [0.2, 0.25) is 0 Å². The fourth-order valence-corrected chi connectivity index (χ4v) is 3.61. The fraction of sp³-hybridized carbons (Fsp3) is 0.231. The van der Waals surface area contributed by atoms with Crippen molar-refractivity contribution in [1.82, 2.24) is 4.98 Å². The molecule has 0 aliphatic rings. The van der Waals surface area contributed by atoms with Crippen molar-refractivity contribution in [2.24, 2.45) is 0 Å². The molecule has 4 heteroatoms. The summed E-state index contributed by atoms with van der Waals surface area (Å²) >= 11 is 0.0322. The van der Waals surface area contributed by atoms with Gasteiger partial charge in [0.15, 0.2) is 0 Å². The Labute approximate surface area is 106 Å². The van der Waals surface area contributed by atoms with Gasteiger partial charge in [0.05, 0.1) is 0 Å². The van der Waals surface area contributed by atoms with Crippen molar-refractivity contribution in [1.29, 1.82) is 0 Å². The second-order valence-corrected chi connectivity index (χ2v) is 5.81. The summed E-state index contributed by atoms with van der Waals surface area (Å²) in [5.41, 5.74) is 1.93. The number of aromatic nitrogens is 1. The topological polar surface area (TPSA) is 39.2 Å². The Hall–Kier alpha value is -1.38. The number of hydrogen-bond donors (Lipinski definition) is 0. The molecule has 0 aliphatic heterocycles. The molecule has 0 fully saturated rings. The molecule has 0 atom stereocenters. The maximum atomic E-state index is 11.4. The molecule has 2 aromatic rings. The third kappa shape index (κ3) is 2.48. The molecule has 1 heterocycles. The van der Waals surface area contributed by atoms with Crippen LogP contribution >= 0.6 is 0 Å². The number of aryl methyl sites for hydroxylation is 1. The van der Waals surface area contributed by atoms with E-state index in [1.165, 1.54) is 0 Å². The maximum absolute atomic E-state index is 11.4. The monoisotopic (exact) mass is 295 g/mol. The summed E-state index contributed by atoms with van der Waals surface area (Å²) in [6.45, 7) is 3.50. The summed E-state index contributed by atoms with van der Waals surface area (Å²) in [6.07, 6.45) is 0. The second-order valence-electron chi connectivity index (χ2n) is 3.72. The molecule has 0 aliphatic carbocycles. The molecule has 1 aromatic heterocycles. The minimum absolute atomic E-state index is 0.0322. The Morgan fingerprint density at radius 3 is 2.41 bits per heavy atom. The zero-order valence-corrected chi connectivity index (χ0v) is 11.7. The zero-order valence-electron chi connectivity index (χ0n) is 9.98. The van der Waals surface area contributed by atoms with E-state index in [0.717, 1.165) is 26.0 Å².